The first-order valence-electron chi connectivity index (χ1n) is 10.4. The Labute approximate surface area is 176 Å². The van der Waals surface area contributed by atoms with Crippen molar-refractivity contribution in [1.29, 1.82) is 0 Å². The number of carbonyl (C=O) groups excluding carboxylic acids is 3. The van der Waals surface area contributed by atoms with Gasteiger partial charge in [-0.25, -0.2) is 13.2 Å². The third kappa shape index (κ3) is 3.49. The van der Waals surface area contributed by atoms with E-state index in [0.29, 0.717) is 24.9 Å². The van der Waals surface area contributed by atoms with Crippen LogP contribution in [0, 0.1) is 0 Å². The first-order valence-corrected chi connectivity index (χ1v) is 12.2. The minimum absolute atomic E-state index is 0.0295. The number of anilines is 1. The number of imide groups is 1. The van der Waals surface area contributed by atoms with Gasteiger partial charge in [-0.2, -0.15) is 0 Å². The largest absolute Gasteiger partial charge is 0.327 e. The summed E-state index contributed by atoms with van der Waals surface area (Å²) in [6, 6.07) is 7.89. The lowest BCUT2D eigenvalue weighted by Gasteiger charge is -2.36. The van der Waals surface area contributed by atoms with Crippen molar-refractivity contribution in [2.45, 2.75) is 50.1 Å². The molecule has 0 N–H and O–H groups in total. The summed E-state index contributed by atoms with van der Waals surface area (Å²) in [7, 11) is -1.58. The standard InChI is InChI=1S/C21H27N3O5S/c1-22-20(27)23(19(26)21(22)11-6-3-7-12-21)14-18(25)24(16-8-4-2-5-9-16)17-10-13-30(28,29)15-17/h2,4-5,8-9,17H,3,6-7,10-15H2,1H3. The van der Waals surface area contributed by atoms with Gasteiger partial charge in [-0.15, -0.1) is 0 Å². The lowest BCUT2D eigenvalue weighted by Crippen LogP contribution is -2.50. The highest BCUT2D eigenvalue weighted by molar-refractivity contribution is 7.91. The number of carbonyl (C=O) groups is 3. The van der Waals surface area contributed by atoms with Crippen LogP contribution in [0.1, 0.15) is 38.5 Å². The lowest BCUT2D eigenvalue weighted by atomic mass is 9.81. The van der Waals surface area contributed by atoms with Crippen LogP contribution in [-0.2, 0) is 19.4 Å². The molecule has 0 bridgehead atoms. The molecule has 1 saturated carbocycles. The van der Waals surface area contributed by atoms with Crippen molar-refractivity contribution < 1.29 is 22.8 Å². The number of likely N-dealkylation sites (N-methyl/N-ethyl adjacent to an activating group) is 1. The van der Waals surface area contributed by atoms with Crippen LogP contribution in [-0.4, -0.2) is 72.7 Å². The predicted molar refractivity (Wildman–Crippen MR) is 112 cm³/mol. The van der Waals surface area contributed by atoms with Crippen LogP contribution >= 0.6 is 0 Å². The molecule has 162 valence electrons. The fourth-order valence-electron chi connectivity index (χ4n) is 5.01. The summed E-state index contributed by atoms with van der Waals surface area (Å²) in [5.41, 5.74) is -0.270. The molecule has 3 aliphatic rings. The molecule has 1 unspecified atom stereocenters. The van der Waals surface area contributed by atoms with Gasteiger partial charge in [-0.05, 0) is 31.4 Å². The normalized spacial score (nSPS) is 25.2. The minimum atomic E-state index is -3.21. The first-order chi connectivity index (χ1) is 14.3. The highest BCUT2D eigenvalue weighted by Gasteiger charge is 2.56. The smallest absolute Gasteiger partial charge is 0.313 e. The molecule has 4 rings (SSSR count). The van der Waals surface area contributed by atoms with Crippen LogP contribution in [0.5, 0.6) is 0 Å². The van der Waals surface area contributed by atoms with Crippen LogP contribution in [0.15, 0.2) is 30.3 Å². The van der Waals surface area contributed by atoms with Gasteiger partial charge in [0.2, 0.25) is 5.91 Å². The second kappa shape index (κ2) is 7.68. The predicted octanol–water partition coefficient (Wildman–Crippen LogP) is 1.80. The third-order valence-corrected chi connectivity index (χ3v) is 8.40. The van der Waals surface area contributed by atoms with Gasteiger partial charge in [-0.3, -0.25) is 14.5 Å². The van der Waals surface area contributed by atoms with Crippen molar-refractivity contribution in [3.63, 3.8) is 0 Å². The Morgan fingerprint density at radius 3 is 2.40 bits per heavy atom. The zero-order chi connectivity index (χ0) is 21.5. The summed E-state index contributed by atoms with van der Waals surface area (Å²) in [5, 5.41) is 0. The molecular formula is C21H27N3O5S. The highest BCUT2D eigenvalue weighted by Crippen LogP contribution is 2.39. The summed E-state index contributed by atoms with van der Waals surface area (Å²) < 4.78 is 24.1. The average molecular weight is 434 g/mol. The molecule has 1 spiro atoms. The molecule has 9 heteroatoms. The number of para-hydroxylation sites is 1. The molecule has 0 radical (unpaired) electrons. The number of rotatable bonds is 4. The molecule has 1 aliphatic carbocycles. The molecule has 1 atom stereocenters. The van der Waals surface area contributed by atoms with Crippen molar-refractivity contribution in [2.24, 2.45) is 0 Å². The van der Waals surface area contributed by atoms with Crippen LogP contribution in [0.25, 0.3) is 0 Å². The van der Waals surface area contributed by atoms with E-state index in [1.807, 2.05) is 6.07 Å². The monoisotopic (exact) mass is 433 g/mol. The fourth-order valence-corrected chi connectivity index (χ4v) is 6.71. The van der Waals surface area contributed by atoms with E-state index in [2.05, 4.69) is 0 Å². The van der Waals surface area contributed by atoms with Gasteiger partial charge in [0.05, 0.1) is 17.5 Å². The van der Waals surface area contributed by atoms with Gasteiger partial charge in [-0.1, -0.05) is 37.5 Å². The van der Waals surface area contributed by atoms with E-state index in [-0.39, 0.29) is 24.0 Å². The molecule has 2 aliphatic heterocycles. The Hall–Kier alpha value is -2.42. The number of benzene rings is 1. The Bertz CT molecular complexity index is 956. The SMILES string of the molecule is CN1C(=O)N(CC(=O)N(c2ccccc2)C2CCS(=O)(=O)C2)C(=O)C12CCCCC2. The number of urea groups is 1. The maximum absolute atomic E-state index is 13.3. The number of hydrogen-bond donors (Lipinski definition) is 0. The third-order valence-electron chi connectivity index (χ3n) is 6.65. The quantitative estimate of drug-likeness (QED) is 0.675. The highest BCUT2D eigenvalue weighted by atomic mass is 32.2. The van der Waals surface area contributed by atoms with E-state index in [4.69, 9.17) is 0 Å². The van der Waals surface area contributed by atoms with Gasteiger partial charge in [0, 0.05) is 12.7 Å². The van der Waals surface area contributed by atoms with Crippen molar-refractivity contribution in [3.05, 3.63) is 30.3 Å². The van der Waals surface area contributed by atoms with Crippen LogP contribution in [0.4, 0.5) is 10.5 Å². The van der Waals surface area contributed by atoms with Crippen molar-refractivity contribution in [3.8, 4) is 0 Å². The topological polar surface area (TPSA) is 95.1 Å². The second-order valence-electron chi connectivity index (χ2n) is 8.48. The number of hydrogen-bond acceptors (Lipinski definition) is 5. The average Bonchev–Trinajstić information content (AvgIpc) is 3.17. The maximum atomic E-state index is 13.3. The zero-order valence-corrected chi connectivity index (χ0v) is 17.9. The molecule has 1 aromatic carbocycles. The molecule has 2 saturated heterocycles. The van der Waals surface area contributed by atoms with E-state index in [1.165, 1.54) is 9.80 Å². The summed E-state index contributed by atoms with van der Waals surface area (Å²) in [6.45, 7) is -0.380. The van der Waals surface area contributed by atoms with E-state index >= 15 is 0 Å². The maximum Gasteiger partial charge on any atom is 0.327 e. The summed E-state index contributed by atoms with van der Waals surface area (Å²) >= 11 is 0. The molecule has 2 heterocycles. The van der Waals surface area contributed by atoms with Crippen molar-refractivity contribution in [2.75, 3.05) is 30.0 Å². The van der Waals surface area contributed by atoms with Gasteiger partial charge >= 0.3 is 6.03 Å². The molecule has 4 amide bonds. The van der Waals surface area contributed by atoms with Gasteiger partial charge in [0.1, 0.15) is 12.1 Å². The fraction of sp³-hybridized carbons (Fsp3) is 0.571. The van der Waals surface area contributed by atoms with Crippen LogP contribution in [0.2, 0.25) is 0 Å². The van der Waals surface area contributed by atoms with E-state index in [1.54, 1.807) is 31.3 Å². The molecule has 1 aromatic rings. The van der Waals surface area contributed by atoms with Gasteiger partial charge in [0.25, 0.3) is 5.91 Å². The molecule has 0 aromatic heterocycles. The van der Waals surface area contributed by atoms with E-state index in [0.717, 1.165) is 24.2 Å². The Morgan fingerprint density at radius 1 is 1.13 bits per heavy atom. The lowest BCUT2D eigenvalue weighted by molar-refractivity contribution is -0.136. The molecule has 30 heavy (non-hydrogen) atoms. The van der Waals surface area contributed by atoms with Crippen molar-refractivity contribution >= 4 is 33.4 Å². The number of nitrogens with zero attached hydrogens (tertiary/aromatic N) is 3. The summed E-state index contributed by atoms with van der Waals surface area (Å²) in [6.07, 6.45) is 4.36. The molecule has 3 fully saturated rings. The van der Waals surface area contributed by atoms with E-state index in [9.17, 15) is 22.8 Å². The molecule has 8 nitrogen and oxygen atoms in total. The minimum Gasteiger partial charge on any atom is -0.313 e. The second-order valence-corrected chi connectivity index (χ2v) is 10.7. The zero-order valence-electron chi connectivity index (χ0n) is 17.1. The molecular weight excluding hydrogens is 406 g/mol. The Balaban J connectivity index is 1.60. The Morgan fingerprint density at radius 2 is 1.80 bits per heavy atom. The Kier molecular flexibility index (Phi) is 5.34. The summed E-state index contributed by atoms with van der Waals surface area (Å²) in [4.78, 5) is 43.4. The van der Waals surface area contributed by atoms with Crippen LogP contribution < -0.4 is 4.90 Å². The number of amides is 4. The number of sulfone groups is 1. The van der Waals surface area contributed by atoms with Crippen molar-refractivity contribution in [1.82, 2.24) is 9.80 Å². The van der Waals surface area contributed by atoms with Gasteiger partial charge < -0.3 is 9.80 Å². The first kappa shape index (κ1) is 20.8. The summed E-state index contributed by atoms with van der Waals surface area (Å²) in [5.74, 6) is -0.831. The van der Waals surface area contributed by atoms with Crippen LogP contribution in [0.3, 0.4) is 0 Å². The van der Waals surface area contributed by atoms with Gasteiger partial charge in [0.15, 0.2) is 9.84 Å². The van der Waals surface area contributed by atoms with E-state index < -0.39 is 33.4 Å².